The van der Waals surface area contributed by atoms with E-state index in [1.54, 1.807) is 0 Å². The quantitative estimate of drug-likeness (QED) is 0.789. The van der Waals surface area contributed by atoms with Crippen molar-refractivity contribution in [1.29, 1.82) is 0 Å². The number of hydrogen-bond donors (Lipinski definition) is 1. The molecule has 1 aliphatic heterocycles. The normalized spacial score (nSPS) is 30.0. The van der Waals surface area contributed by atoms with Crippen LogP contribution in [0.25, 0.3) is 0 Å². The van der Waals surface area contributed by atoms with Gasteiger partial charge in [0.25, 0.3) is 0 Å². The van der Waals surface area contributed by atoms with E-state index in [0.717, 1.165) is 23.9 Å². The summed E-state index contributed by atoms with van der Waals surface area (Å²) in [4.78, 5) is 2.82. The third-order valence-corrected chi connectivity index (χ3v) is 5.32. The third-order valence-electron chi connectivity index (χ3n) is 5.32. The van der Waals surface area contributed by atoms with Crippen LogP contribution in [0.15, 0.2) is 0 Å². The summed E-state index contributed by atoms with van der Waals surface area (Å²) in [5.41, 5.74) is 0. The molecular formula is C18H36N2. The average Bonchev–Trinajstić information content (AvgIpc) is 2.46. The molecule has 1 heterocycles. The first-order valence-corrected chi connectivity index (χ1v) is 9.18. The average molecular weight is 280 g/mol. The molecule has 0 spiro atoms. The molecule has 0 aromatic carbocycles. The molecule has 2 rings (SSSR count). The lowest BCUT2D eigenvalue weighted by Crippen LogP contribution is -2.59. The van der Waals surface area contributed by atoms with Gasteiger partial charge in [-0.25, -0.2) is 0 Å². The van der Waals surface area contributed by atoms with Crippen molar-refractivity contribution < 1.29 is 0 Å². The molecular weight excluding hydrogens is 244 g/mol. The molecule has 2 heteroatoms. The van der Waals surface area contributed by atoms with E-state index < -0.39 is 0 Å². The van der Waals surface area contributed by atoms with Gasteiger partial charge in [0.2, 0.25) is 0 Å². The van der Waals surface area contributed by atoms with Gasteiger partial charge in [-0.2, -0.15) is 0 Å². The summed E-state index contributed by atoms with van der Waals surface area (Å²) in [5, 5.41) is 3.91. The fraction of sp³-hybridized carbons (Fsp3) is 1.00. The highest BCUT2D eigenvalue weighted by Crippen LogP contribution is 2.29. The fourth-order valence-electron chi connectivity index (χ4n) is 4.15. The van der Waals surface area contributed by atoms with Crippen LogP contribution in [0.1, 0.15) is 72.1 Å². The Balaban J connectivity index is 1.89. The minimum atomic E-state index is 0.774. The zero-order valence-corrected chi connectivity index (χ0v) is 14.0. The second-order valence-corrected chi connectivity index (χ2v) is 7.54. The largest absolute Gasteiger partial charge is 0.311 e. The molecule has 1 saturated carbocycles. The summed E-state index contributed by atoms with van der Waals surface area (Å²) in [7, 11) is 0. The molecule has 0 bridgehead atoms. The summed E-state index contributed by atoms with van der Waals surface area (Å²) in [6, 6.07) is 1.55. The topological polar surface area (TPSA) is 15.3 Å². The van der Waals surface area contributed by atoms with Crippen LogP contribution in [-0.4, -0.2) is 36.6 Å². The van der Waals surface area contributed by atoms with Crippen molar-refractivity contribution in [2.45, 2.75) is 84.2 Å². The minimum absolute atomic E-state index is 0.774. The highest BCUT2D eigenvalue weighted by molar-refractivity contribution is 4.90. The number of piperazine rings is 1. The molecule has 2 nitrogen and oxygen atoms in total. The van der Waals surface area contributed by atoms with Crippen molar-refractivity contribution in [3.8, 4) is 0 Å². The Morgan fingerprint density at radius 3 is 2.55 bits per heavy atom. The molecule has 1 aliphatic carbocycles. The lowest BCUT2D eigenvalue weighted by molar-refractivity contribution is 0.0833. The van der Waals surface area contributed by atoms with Crippen LogP contribution in [0, 0.1) is 11.8 Å². The van der Waals surface area contributed by atoms with Crippen LogP contribution in [0.2, 0.25) is 0 Å². The van der Waals surface area contributed by atoms with Crippen LogP contribution >= 0.6 is 0 Å². The molecule has 2 atom stereocenters. The Hall–Kier alpha value is -0.0800. The van der Waals surface area contributed by atoms with Crippen LogP contribution in [-0.2, 0) is 0 Å². The van der Waals surface area contributed by atoms with Gasteiger partial charge in [0.1, 0.15) is 0 Å². The van der Waals surface area contributed by atoms with Gasteiger partial charge in [0, 0.05) is 25.2 Å². The standard InChI is InChI=1S/C18H36N2/c1-4-5-11-20-14-18(16-9-7-6-8-10-16)19-13-17(20)12-15(2)3/h15-19H,4-14H2,1-3H3. The fourth-order valence-corrected chi connectivity index (χ4v) is 4.15. The Morgan fingerprint density at radius 1 is 1.15 bits per heavy atom. The lowest BCUT2D eigenvalue weighted by Gasteiger charge is -2.44. The van der Waals surface area contributed by atoms with Crippen molar-refractivity contribution in [2.24, 2.45) is 11.8 Å². The second kappa shape index (κ2) is 8.38. The Morgan fingerprint density at radius 2 is 1.90 bits per heavy atom. The monoisotopic (exact) mass is 280 g/mol. The summed E-state index contributed by atoms with van der Waals surface area (Å²) in [5.74, 6) is 1.77. The maximum Gasteiger partial charge on any atom is 0.0224 e. The first kappa shape index (κ1) is 16.3. The smallest absolute Gasteiger partial charge is 0.0224 e. The SMILES string of the molecule is CCCCN1CC(C2CCCCC2)NCC1CC(C)C. The first-order valence-electron chi connectivity index (χ1n) is 9.18. The molecule has 1 saturated heterocycles. The van der Waals surface area contributed by atoms with E-state index in [9.17, 15) is 0 Å². The van der Waals surface area contributed by atoms with Gasteiger partial charge in [-0.3, -0.25) is 4.90 Å². The van der Waals surface area contributed by atoms with Gasteiger partial charge in [-0.15, -0.1) is 0 Å². The molecule has 2 fully saturated rings. The molecule has 0 amide bonds. The van der Waals surface area contributed by atoms with E-state index >= 15 is 0 Å². The highest BCUT2D eigenvalue weighted by atomic mass is 15.2. The predicted octanol–water partition coefficient (Wildman–Crippen LogP) is 4.06. The number of nitrogens with zero attached hydrogens (tertiary/aromatic N) is 1. The van der Waals surface area contributed by atoms with Crippen LogP contribution < -0.4 is 5.32 Å². The molecule has 118 valence electrons. The second-order valence-electron chi connectivity index (χ2n) is 7.54. The zero-order valence-electron chi connectivity index (χ0n) is 14.0. The van der Waals surface area contributed by atoms with E-state index in [2.05, 4.69) is 31.0 Å². The lowest BCUT2D eigenvalue weighted by atomic mass is 9.82. The van der Waals surface area contributed by atoms with Gasteiger partial charge in [-0.1, -0.05) is 46.5 Å². The van der Waals surface area contributed by atoms with Crippen molar-refractivity contribution >= 4 is 0 Å². The van der Waals surface area contributed by atoms with Crippen LogP contribution in [0.5, 0.6) is 0 Å². The summed E-state index contributed by atoms with van der Waals surface area (Å²) in [6.07, 6.45) is 11.4. The Labute approximate surface area is 126 Å². The molecule has 2 unspecified atom stereocenters. The number of nitrogens with one attached hydrogen (secondary N) is 1. The van der Waals surface area contributed by atoms with Crippen molar-refractivity contribution in [2.75, 3.05) is 19.6 Å². The maximum atomic E-state index is 3.91. The summed E-state index contributed by atoms with van der Waals surface area (Å²) in [6.45, 7) is 10.9. The van der Waals surface area contributed by atoms with E-state index in [0.29, 0.717) is 0 Å². The van der Waals surface area contributed by atoms with Gasteiger partial charge in [-0.05, 0) is 44.1 Å². The number of hydrogen-bond acceptors (Lipinski definition) is 2. The van der Waals surface area contributed by atoms with Gasteiger partial charge in [0.15, 0.2) is 0 Å². The van der Waals surface area contributed by atoms with Crippen LogP contribution in [0.3, 0.4) is 0 Å². The minimum Gasteiger partial charge on any atom is -0.311 e. The Kier molecular flexibility index (Phi) is 6.83. The summed E-state index contributed by atoms with van der Waals surface area (Å²) >= 11 is 0. The zero-order chi connectivity index (χ0) is 14.4. The van der Waals surface area contributed by atoms with E-state index in [1.807, 2.05) is 0 Å². The van der Waals surface area contributed by atoms with E-state index in [-0.39, 0.29) is 0 Å². The maximum absolute atomic E-state index is 3.91. The van der Waals surface area contributed by atoms with Crippen molar-refractivity contribution in [1.82, 2.24) is 10.2 Å². The molecule has 0 aromatic heterocycles. The molecule has 0 radical (unpaired) electrons. The molecule has 20 heavy (non-hydrogen) atoms. The molecule has 1 N–H and O–H groups in total. The highest BCUT2D eigenvalue weighted by Gasteiger charge is 2.32. The molecule has 2 aliphatic rings. The molecule has 0 aromatic rings. The van der Waals surface area contributed by atoms with Gasteiger partial charge >= 0.3 is 0 Å². The third kappa shape index (κ3) is 4.73. The Bertz CT molecular complexity index is 258. The first-order chi connectivity index (χ1) is 9.70. The number of rotatable bonds is 6. The predicted molar refractivity (Wildman–Crippen MR) is 88.1 cm³/mol. The van der Waals surface area contributed by atoms with Crippen LogP contribution in [0.4, 0.5) is 0 Å². The van der Waals surface area contributed by atoms with Gasteiger partial charge in [0.05, 0.1) is 0 Å². The summed E-state index contributed by atoms with van der Waals surface area (Å²) < 4.78 is 0. The van der Waals surface area contributed by atoms with E-state index in [1.165, 1.54) is 71.0 Å². The van der Waals surface area contributed by atoms with E-state index in [4.69, 9.17) is 0 Å². The van der Waals surface area contributed by atoms with Gasteiger partial charge < -0.3 is 5.32 Å². The number of unbranched alkanes of at least 4 members (excludes halogenated alkanes) is 1. The van der Waals surface area contributed by atoms with Crippen molar-refractivity contribution in [3.63, 3.8) is 0 Å². The van der Waals surface area contributed by atoms with Crippen molar-refractivity contribution in [3.05, 3.63) is 0 Å².